The van der Waals surface area contributed by atoms with Crippen molar-refractivity contribution in [1.29, 1.82) is 0 Å². The predicted octanol–water partition coefficient (Wildman–Crippen LogP) is 1.70. The molecule has 0 unspecified atom stereocenters. The fourth-order valence-electron chi connectivity index (χ4n) is 0.813. The molecule has 0 radical (unpaired) electrons. The highest BCUT2D eigenvalue weighted by Crippen LogP contribution is 2.15. The largest absolute Gasteiger partial charge is 0.298 e. The lowest BCUT2D eigenvalue weighted by Gasteiger charge is -1.95. The Morgan fingerprint density at radius 1 is 1.31 bits per heavy atom. The molecule has 64 valence electrons. The Labute approximate surface area is 80.5 Å². The lowest BCUT2D eigenvalue weighted by atomic mass is 10.1. The van der Waals surface area contributed by atoms with Crippen LogP contribution in [0.1, 0.15) is 15.9 Å². The number of benzene rings is 1. The van der Waals surface area contributed by atoms with Crippen LogP contribution in [0, 0.1) is 11.8 Å². The van der Waals surface area contributed by atoms with Gasteiger partial charge in [-0.15, -0.1) is 0 Å². The van der Waals surface area contributed by atoms with Crippen LogP contribution in [0.25, 0.3) is 0 Å². The summed E-state index contributed by atoms with van der Waals surface area (Å²) >= 11 is 5.77. The van der Waals surface area contributed by atoms with Crippen molar-refractivity contribution >= 4 is 24.2 Å². The van der Waals surface area contributed by atoms with Crippen molar-refractivity contribution in [3.05, 3.63) is 34.3 Å². The number of aldehydes is 2. The van der Waals surface area contributed by atoms with E-state index < -0.39 is 0 Å². The molecule has 0 heterocycles. The van der Waals surface area contributed by atoms with Gasteiger partial charge in [0.2, 0.25) is 0 Å². The topological polar surface area (TPSA) is 34.1 Å². The molecular formula is C10H5ClO2. The Balaban J connectivity index is 3.11. The van der Waals surface area contributed by atoms with Crippen molar-refractivity contribution in [2.75, 3.05) is 0 Å². The van der Waals surface area contributed by atoms with E-state index in [1.54, 1.807) is 12.1 Å². The van der Waals surface area contributed by atoms with Crippen molar-refractivity contribution in [3.63, 3.8) is 0 Å². The molecule has 0 saturated heterocycles. The second-order valence-electron chi connectivity index (χ2n) is 2.24. The first-order valence-corrected chi connectivity index (χ1v) is 3.85. The number of carbonyl (C=O) groups excluding carboxylic acids is 2. The first kappa shape index (κ1) is 9.50. The molecule has 0 fully saturated rings. The Morgan fingerprint density at radius 2 is 2.08 bits per heavy atom. The third kappa shape index (κ3) is 2.43. The average Bonchev–Trinajstić information content (AvgIpc) is 2.16. The van der Waals surface area contributed by atoms with Crippen LogP contribution in [-0.4, -0.2) is 12.6 Å². The van der Waals surface area contributed by atoms with E-state index in [1.807, 2.05) is 0 Å². The number of hydrogen-bond acceptors (Lipinski definition) is 2. The SMILES string of the molecule is O=CC#Cc1ccc(C=O)cc1Cl. The molecule has 1 aromatic carbocycles. The fraction of sp³-hybridized carbons (Fsp3) is 0. The summed E-state index contributed by atoms with van der Waals surface area (Å²) in [5, 5.41) is 0.374. The van der Waals surface area contributed by atoms with Crippen LogP contribution in [0.15, 0.2) is 18.2 Å². The number of rotatable bonds is 1. The van der Waals surface area contributed by atoms with E-state index in [4.69, 9.17) is 11.6 Å². The summed E-state index contributed by atoms with van der Waals surface area (Å²) in [6.45, 7) is 0. The average molecular weight is 193 g/mol. The Kier molecular flexibility index (Phi) is 3.24. The van der Waals surface area contributed by atoms with E-state index in [9.17, 15) is 9.59 Å². The van der Waals surface area contributed by atoms with Gasteiger partial charge in [-0.1, -0.05) is 23.6 Å². The third-order valence-electron chi connectivity index (χ3n) is 1.39. The smallest absolute Gasteiger partial charge is 0.193 e. The van der Waals surface area contributed by atoms with Crippen LogP contribution in [0.5, 0.6) is 0 Å². The maximum atomic E-state index is 10.3. The molecule has 0 bridgehead atoms. The predicted molar refractivity (Wildman–Crippen MR) is 49.8 cm³/mol. The van der Waals surface area contributed by atoms with Crippen molar-refractivity contribution in [1.82, 2.24) is 0 Å². The van der Waals surface area contributed by atoms with Gasteiger partial charge >= 0.3 is 0 Å². The van der Waals surface area contributed by atoms with E-state index in [2.05, 4.69) is 11.8 Å². The molecule has 0 aliphatic heterocycles. The summed E-state index contributed by atoms with van der Waals surface area (Å²) in [5.41, 5.74) is 1.03. The molecule has 1 aromatic rings. The number of halogens is 1. The standard InChI is InChI=1S/C10H5ClO2/c11-10-6-8(7-13)3-4-9(10)2-1-5-12/h3-7H. The number of hydrogen-bond donors (Lipinski definition) is 0. The van der Waals surface area contributed by atoms with E-state index in [0.29, 0.717) is 28.7 Å². The fourth-order valence-corrected chi connectivity index (χ4v) is 1.05. The minimum absolute atomic E-state index is 0.374. The lowest BCUT2D eigenvalue weighted by Crippen LogP contribution is -1.82. The summed E-state index contributed by atoms with van der Waals surface area (Å²) in [6, 6.07) is 4.69. The molecule has 0 spiro atoms. The maximum absolute atomic E-state index is 10.3. The van der Waals surface area contributed by atoms with Crippen LogP contribution < -0.4 is 0 Å². The second-order valence-corrected chi connectivity index (χ2v) is 2.65. The summed E-state index contributed by atoms with van der Waals surface area (Å²) in [4.78, 5) is 20.3. The minimum atomic E-state index is 0.374. The van der Waals surface area contributed by atoms with Gasteiger partial charge in [-0.3, -0.25) is 9.59 Å². The van der Waals surface area contributed by atoms with Gasteiger partial charge in [0.1, 0.15) is 6.29 Å². The van der Waals surface area contributed by atoms with Crippen molar-refractivity contribution < 1.29 is 9.59 Å². The molecular weight excluding hydrogens is 188 g/mol. The zero-order valence-corrected chi connectivity index (χ0v) is 7.34. The van der Waals surface area contributed by atoms with Gasteiger partial charge in [0.15, 0.2) is 6.29 Å². The highest BCUT2D eigenvalue weighted by molar-refractivity contribution is 6.32. The van der Waals surface area contributed by atoms with Crippen molar-refractivity contribution in [2.24, 2.45) is 0 Å². The van der Waals surface area contributed by atoms with Crippen LogP contribution in [0.2, 0.25) is 5.02 Å². The second kappa shape index (κ2) is 4.44. The summed E-state index contributed by atoms with van der Waals surface area (Å²) in [5.74, 6) is 4.79. The summed E-state index contributed by atoms with van der Waals surface area (Å²) in [7, 11) is 0. The molecule has 0 atom stereocenters. The lowest BCUT2D eigenvalue weighted by molar-refractivity contribution is -0.103. The molecule has 0 aliphatic carbocycles. The van der Waals surface area contributed by atoms with Crippen LogP contribution in [0.4, 0.5) is 0 Å². The Morgan fingerprint density at radius 3 is 2.62 bits per heavy atom. The van der Waals surface area contributed by atoms with E-state index in [0.717, 1.165) is 0 Å². The quantitative estimate of drug-likeness (QED) is 0.501. The zero-order chi connectivity index (χ0) is 9.68. The zero-order valence-electron chi connectivity index (χ0n) is 6.58. The Hall–Kier alpha value is -1.59. The monoisotopic (exact) mass is 192 g/mol. The van der Waals surface area contributed by atoms with Gasteiger partial charge in [0, 0.05) is 11.1 Å². The first-order chi connectivity index (χ1) is 6.27. The molecule has 13 heavy (non-hydrogen) atoms. The van der Waals surface area contributed by atoms with Crippen LogP contribution in [-0.2, 0) is 4.79 Å². The van der Waals surface area contributed by atoms with Gasteiger partial charge in [0.25, 0.3) is 0 Å². The van der Waals surface area contributed by atoms with Crippen LogP contribution in [0.3, 0.4) is 0 Å². The van der Waals surface area contributed by atoms with Crippen molar-refractivity contribution in [3.8, 4) is 11.8 Å². The minimum Gasteiger partial charge on any atom is -0.298 e. The normalized spacial score (nSPS) is 8.38. The van der Waals surface area contributed by atoms with Gasteiger partial charge < -0.3 is 0 Å². The molecule has 0 N–H and O–H groups in total. The highest BCUT2D eigenvalue weighted by atomic mass is 35.5. The van der Waals surface area contributed by atoms with Gasteiger partial charge in [-0.05, 0) is 18.1 Å². The molecule has 2 nitrogen and oxygen atoms in total. The Bertz CT molecular complexity index is 399. The van der Waals surface area contributed by atoms with Gasteiger partial charge in [0.05, 0.1) is 5.02 Å². The molecule has 0 amide bonds. The van der Waals surface area contributed by atoms with E-state index >= 15 is 0 Å². The molecule has 0 aromatic heterocycles. The highest BCUT2D eigenvalue weighted by Gasteiger charge is 1.97. The van der Waals surface area contributed by atoms with Gasteiger partial charge in [-0.25, -0.2) is 0 Å². The molecule has 1 rings (SSSR count). The summed E-state index contributed by atoms with van der Waals surface area (Å²) < 4.78 is 0. The van der Waals surface area contributed by atoms with Crippen LogP contribution >= 0.6 is 11.6 Å². The molecule has 3 heteroatoms. The number of carbonyl (C=O) groups is 2. The maximum Gasteiger partial charge on any atom is 0.193 e. The van der Waals surface area contributed by atoms with Gasteiger partial charge in [-0.2, -0.15) is 0 Å². The summed E-state index contributed by atoms with van der Waals surface area (Å²) in [6.07, 6.45) is 1.19. The third-order valence-corrected chi connectivity index (χ3v) is 1.71. The van der Waals surface area contributed by atoms with E-state index in [1.165, 1.54) is 6.07 Å². The molecule has 0 aliphatic rings. The molecule has 0 saturated carbocycles. The van der Waals surface area contributed by atoms with Crippen molar-refractivity contribution in [2.45, 2.75) is 0 Å². The first-order valence-electron chi connectivity index (χ1n) is 3.48. The van der Waals surface area contributed by atoms with E-state index in [-0.39, 0.29) is 0 Å².